The quantitative estimate of drug-likeness (QED) is 0.257. The average molecular weight is 538 g/mol. The standard InChI is InChI=1S/C20H34N4O3S.HI/c1-5-24(6-2)28(25,26)12-11-22-20(21-4)23-14-18-10-7-16(3)13-19(18)27-15-17-8-9-17;/h7,10,13,17H,5-6,8-9,11-12,14-15H2,1-4H3,(H2,21,22,23);1H. The van der Waals surface area contributed by atoms with E-state index in [0.29, 0.717) is 38.1 Å². The van der Waals surface area contributed by atoms with E-state index in [1.165, 1.54) is 22.7 Å². The van der Waals surface area contributed by atoms with Crippen LogP contribution in [0.2, 0.25) is 0 Å². The van der Waals surface area contributed by atoms with Crippen LogP contribution in [0.5, 0.6) is 5.75 Å². The van der Waals surface area contributed by atoms with E-state index in [1.807, 2.05) is 13.8 Å². The number of aryl methyl sites for hydroxylation is 1. The van der Waals surface area contributed by atoms with E-state index in [4.69, 9.17) is 4.74 Å². The van der Waals surface area contributed by atoms with Gasteiger partial charge in [0.15, 0.2) is 5.96 Å². The minimum Gasteiger partial charge on any atom is -0.493 e. The van der Waals surface area contributed by atoms with Crippen LogP contribution in [0.3, 0.4) is 0 Å². The third-order valence-corrected chi connectivity index (χ3v) is 6.84. The highest BCUT2D eigenvalue weighted by molar-refractivity contribution is 14.0. The second-order valence-electron chi connectivity index (χ2n) is 7.12. The fourth-order valence-electron chi connectivity index (χ4n) is 2.88. The zero-order valence-corrected chi connectivity index (χ0v) is 21.0. The lowest BCUT2D eigenvalue weighted by Crippen LogP contribution is -2.41. The molecule has 0 bridgehead atoms. The summed E-state index contributed by atoms with van der Waals surface area (Å²) in [6.07, 6.45) is 2.51. The van der Waals surface area contributed by atoms with Gasteiger partial charge < -0.3 is 15.4 Å². The Hall–Kier alpha value is -1.07. The number of hydrogen-bond acceptors (Lipinski definition) is 4. The summed E-state index contributed by atoms with van der Waals surface area (Å²) in [5, 5.41) is 6.32. The van der Waals surface area contributed by atoms with Crippen LogP contribution in [0.15, 0.2) is 23.2 Å². The summed E-state index contributed by atoms with van der Waals surface area (Å²) in [5.74, 6) is 2.21. The molecule has 1 fully saturated rings. The molecule has 1 aliphatic carbocycles. The van der Waals surface area contributed by atoms with Gasteiger partial charge in [0.05, 0.1) is 12.4 Å². The van der Waals surface area contributed by atoms with Crippen molar-refractivity contribution in [2.45, 2.75) is 40.2 Å². The molecule has 2 rings (SSSR count). The first-order valence-corrected chi connectivity index (χ1v) is 11.6. The summed E-state index contributed by atoms with van der Waals surface area (Å²) in [5.41, 5.74) is 2.23. The number of guanidine groups is 1. The van der Waals surface area contributed by atoms with Crippen molar-refractivity contribution >= 4 is 40.0 Å². The molecule has 1 aromatic carbocycles. The lowest BCUT2D eigenvalue weighted by atomic mass is 10.1. The number of nitrogens with zero attached hydrogens (tertiary/aromatic N) is 2. The van der Waals surface area contributed by atoms with Crippen LogP contribution in [0.4, 0.5) is 0 Å². The van der Waals surface area contributed by atoms with Crippen LogP contribution >= 0.6 is 24.0 Å². The van der Waals surface area contributed by atoms with Crippen LogP contribution in [0.1, 0.15) is 37.8 Å². The van der Waals surface area contributed by atoms with Crippen molar-refractivity contribution in [3.63, 3.8) is 0 Å². The topological polar surface area (TPSA) is 83.0 Å². The van der Waals surface area contributed by atoms with Gasteiger partial charge in [0.2, 0.25) is 10.0 Å². The molecule has 0 aliphatic heterocycles. The Labute approximate surface area is 192 Å². The molecule has 2 N–H and O–H groups in total. The van der Waals surface area contributed by atoms with Gasteiger partial charge in [-0.05, 0) is 37.3 Å². The van der Waals surface area contributed by atoms with Gasteiger partial charge in [-0.3, -0.25) is 4.99 Å². The van der Waals surface area contributed by atoms with Crippen molar-refractivity contribution in [3.8, 4) is 5.75 Å². The molecular formula is C20H35IN4O3S. The van der Waals surface area contributed by atoms with Gasteiger partial charge in [0.25, 0.3) is 0 Å². The Morgan fingerprint density at radius 1 is 1.24 bits per heavy atom. The molecule has 0 spiro atoms. The van der Waals surface area contributed by atoms with E-state index in [1.54, 1.807) is 7.05 Å². The van der Waals surface area contributed by atoms with Crippen LogP contribution in [0, 0.1) is 12.8 Å². The molecule has 7 nitrogen and oxygen atoms in total. The van der Waals surface area contributed by atoms with E-state index in [9.17, 15) is 8.42 Å². The number of rotatable bonds is 11. The largest absolute Gasteiger partial charge is 0.493 e. The Morgan fingerprint density at radius 2 is 1.93 bits per heavy atom. The van der Waals surface area contributed by atoms with E-state index >= 15 is 0 Å². The third kappa shape index (κ3) is 8.67. The number of sulfonamides is 1. The van der Waals surface area contributed by atoms with Crippen molar-refractivity contribution < 1.29 is 13.2 Å². The van der Waals surface area contributed by atoms with E-state index < -0.39 is 10.0 Å². The molecule has 0 radical (unpaired) electrons. The van der Waals surface area contributed by atoms with Crippen LogP contribution in [0.25, 0.3) is 0 Å². The molecule has 0 unspecified atom stereocenters. The number of hydrogen-bond donors (Lipinski definition) is 2. The molecule has 0 saturated heterocycles. The van der Waals surface area contributed by atoms with Gasteiger partial charge >= 0.3 is 0 Å². The molecule has 0 heterocycles. The summed E-state index contributed by atoms with van der Waals surface area (Å²) in [6.45, 7) is 8.36. The molecule has 166 valence electrons. The maximum absolute atomic E-state index is 12.3. The molecule has 9 heteroatoms. The Kier molecular flexibility index (Phi) is 11.3. The lowest BCUT2D eigenvalue weighted by Gasteiger charge is -2.19. The first-order valence-electron chi connectivity index (χ1n) is 10.0. The van der Waals surface area contributed by atoms with E-state index in [0.717, 1.165) is 17.9 Å². The predicted molar refractivity (Wildman–Crippen MR) is 130 cm³/mol. The molecular weight excluding hydrogens is 503 g/mol. The minimum atomic E-state index is -3.25. The van der Waals surface area contributed by atoms with Gasteiger partial charge in [0, 0.05) is 38.8 Å². The van der Waals surface area contributed by atoms with Gasteiger partial charge in [-0.2, -0.15) is 0 Å². The highest BCUT2D eigenvalue weighted by Crippen LogP contribution is 2.30. The zero-order chi connectivity index (χ0) is 20.6. The van der Waals surface area contributed by atoms with E-state index in [2.05, 4.69) is 40.7 Å². The molecule has 1 aromatic rings. The van der Waals surface area contributed by atoms with Gasteiger partial charge in [0.1, 0.15) is 5.75 Å². The number of halogens is 1. The van der Waals surface area contributed by atoms with Crippen molar-refractivity contribution in [1.82, 2.24) is 14.9 Å². The molecule has 0 atom stereocenters. The highest BCUT2D eigenvalue weighted by atomic mass is 127. The number of ether oxygens (including phenoxy) is 1. The van der Waals surface area contributed by atoms with E-state index in [-0.39, 0.29) is 29.7 Å². The Morgan fingerprint density at radius 3 is 2.52 bits per heavy atom. The highest BCUT2D eigenvalue weighted by Gasteiger charge is 2.22. The smallest absolute Gasteiger partial charge is 0.215 e. The van der Waals surface area contributed by atoms with Crippen LogP contribution < -0.4 is 15.4 Å². The second-order valence-corrected chi connectivity index (χ2v) is 9.21. The summed E-state index contributed by atoms with van der Waals surface area (Å²) >= 11 is 0. The zero-order valence-electron chi connectivity index (χ0n) is 17.9. The second kappa shape index (κ2) is 12.6. The average Bonchev–Trinajstić information content (AvgIpc) is 3.49. The minimum absolute atomic E-state index is 0. The summed E-state index contributed by atoms with van der Waals surface area (Å²) < 4.78 is 32.0. The van der Waals surface area contributed by atoms with Crippen LogP contribution in [-0.2, 0) is 16.6 Å². The van der Waals surface area contributed by atoms with Gasteiger partial charge in [-0.15, -0.1) is 24.0 Å². The van der Waals surface area contributed by atoms with Gasteiger partial charge in [-0.25, -0.2) is 12.7 Å². The van der Waals surface area contributed by atoms with Crippen molar-refractivity contribution in [2.24, 2.45) is 10.9 Å². The maximum atomic E-state index is 12.3. The molecule has 0 aromatic heterocycles. The number of aliphatic imine (C=N–C) groups is 1. The molecule has 1 saturated carbocycles. The molecule has 29 heavy (non-hydrogen) atoms. The summed E-state index contributed by atoms with van der Waals surface area (Å²) in [4.78, 5) is 4.18. The summed E-state index contributed by atoms with van der Waals surface area (Å²) in [6, 6.07) is 6.18. The fraction of sp³-hybridized carbons (Fsp3) is 0.650. The molecule has 1 aliphatic rings. The van der Waals surface area contributed by atoms with Crippen molar-refractivity contribution in [1.29, 1.82) is 0 Å². The summed E-state index contributed by atoms with van der Waals surface area (Å²) in [7, 11) is -1.57. The predicted octanol–water partition coefficient (Wildman–Crippen LogP) is 2.74. The Balaban J connectivity index is 0.00000420. The van der Waals surface area contributed by atoms with Crippen molar-refractivity contribution in [3.05, 3.63) is 29.3 Å². The monoisotopic (exact) mass is 538 g/mol. The van der Waals surface area contributed by atoms with Crippen LogP contribution in [-0.4, -0.2) is 57.7 Å². The maximum Gasteiger partial charge on any atom is 0.215 e. The first-order chi connectivity index (χ1) is 13.4. The Bertz CT molecular complexity index is 763. The fourth-order valence-corrected chi connectivity index (χ4v) is 4.28. The molecule has 0 amide bonds. The third-order valence-electron chi connectivity index (χ3n) is 4.82. The number of nitrogens with one attached hydrogen (secondary N) is 2. The SMILES string of the molecule is CCN(CC)S(=O)(=O)CCNC(=NC)NCc1ccc(C)cc1OCC1CC1.I. The van der Waals surface area contributed by atoms with Crippen molar-refractivity contribution in [2.75, 3.05) is 39.0 Å². The number of benzene rings is 1. The first kappa shape index (κ1) is 26.0. The van der Waals surface area contributed by atoms with Gasteiger partial charge in [-0.1, -0.05) is 26.0 Å². The lowest BCUT2D eigenvalue weighted by molar-refractivity contribution is 0.296. The normalized spacial score (nSPS) is 14.4.